The van der Waals surface area contributed by atoms with Gasteiger partial charge < -0.3 is 10.2 Å². The van der Waals surface area contributed by atoms with Crippen molar-refractivity contribution in [3.8, 4) is 0 Å². The Kier molecular flexibility index (Phi) is 5.58. The summed E-state index contributed by atoms with van der Waals surface area (Å²) in [5.74, 6) is 0.488. The van der Waals surface area contributed by atoms with Crippen LogP contribution in [0.3, 0.4) is 0 Å². The Morgan fingerprint density at radius 3 is 2.56 bits per heavy atom. The van der Waals surface area contributed by atoms with Gasteiger partial charge >= 0.3 is 0 Å². The SMILES string of the molecule is CN(C)C(C)(C)CNS(=O)(=O)CC1CCCNC1. The Hall–Kier alpha value is -0.170. The molecule has 1 fully saturated rings. The molecule has 0 radical (unpaired) electrons. The number of hydrogen-bond donors (Lipinski definition) is 2. The van der Waals surface area contributed by atoms with Crippen LogP contribution in [0, 0.1) is 5.92 Å². The molecule has 1 unspecified atom stereocenters. The molecule has 1 heterocycles. The topological polar surface area (TPSA) is 61.4 Å². The van der Waals surface area contributed by atoms with Crippen LogP contribution in [0.2, 0.25) is 0 Å². The van der Waals surface area contributed by atoms with E-state index in [1.807, 2.05) is 32.8 Å². The minimum atomic E-state index is -3.16. The molecule has 1 aliphatic heterocycles. The molecule has 0 spiro atoms. The Labute approximate surface area is 111 Å². The summed E-state index contributed by atoms with van der Waals surface area (Å²) in [6, 6.07) is 0. The second kappa shape index (κ2) is 6.32. The number of piperidine rings is 1. The van der Waals surface area contributed by atoms with Crippen molar-refractivity contribution >= 4 is 10.0 Å². The molecule has 2 N–H and O–H groups in total. The lowest BCUT2D eigenvalue weighted by molar-refractivity contribution is 0.198. The van der Waals surface area contributed by atoms with Gasteiger partial charge in [-0.25, -0.2) is 13.1 Å². The van der Waals surface area contributed by atoms with E-state index in [0.717, 1.165) is 25.9 Å². The van der Waals surface area contributed by atoms with Crippen molar-refractivity contribution in [3.63, 3.8) is 0 Å². The van der Waals surface area contributed by atoms with E-state index in [4.69, 9.17) is 0 Å². The zero-order valence-electron chi connectivity index (χ0n) is 12.0. The molecule has 108 valence electrons. The third-order valence-corrected chi connectivity index (χ3v) is 5.28. The maximum absolute atomic E-state index is 12.0. The molecular weight excluding hydrogens is 250 g/mol. The molecule has 0 aromatic rings. The van der Waals surface area contributed by atoms with Gasteiger partial charge in [-0.1, -0.05) is 0 Å². The van der Waals surface area contributed by atoms with Gasteiger partial charge in [0.25, 0.3) is 0 Å². The average molecular weight is 277 g/mol. The molecule has 0 saturated carbocycles. The molecule has 1 atom stereocenters. The normalized spacial score (nSPS) is 22.4. The molecule has 18 heavy (non-hydrogen) atoms. The standard InChI is InChI=1S/C12H27N3O2S/c1-12(2,15(3)4)10-14-18(16,17)9-11-6-5-7-13-8-11/h11,13-14H,5-10H2,1-4H3. The Bertz CT molecular complexity index is 346. The molecular formula is C12H27N3O2S. The van der Waals surface area contributed by atoms with Crippen molar-refractivity contribution in [1.82, 2.24) is 14.9 Å². The fourth-order valence-corrected chi connectivity index (χ4v) is 3.48. The average Bonchev–Trinajstić information content (AvgIpc) is 2.27. The van der Waals surface area contributed by atoms with Crippen LogP contribution < -0.4 is 10.0 Å². The number of nitrogens with one attached hydrogen (secondary N) is 2. The summed E-state index contributed by atoms with van der Waals surface area (Å²) in [7, 11) is 0.751. The number of hydrogen-bond acceptors (Lipinski definition) is 4. The maximum atomic E-state index is 12.0. The summed E-state index contributed by atoms with van der Waals surface area (Å²) < 4.78 is 26.8. The molecule has 0 amide bonds. The lowest BCUT2D eigenvalue weighted by atomic mass is 10.0. The zero-order chi connectivity index (χ0) is 13.8. The van der Waals surface area contributed by atoms with Crippen LogP contribution in [0.4, 0.5) is 0 Å². The molecule has 0 aromatic heterocycles. The largest absolute Gasteiger partial charge is 0.316 e. The van der Waals surface area contributed by atoms with Gasteiger partial charge in [0.2, 0.25) is 10.0 Å². The van der Waals surface area contributed by atoms with Gasteiger partial charge in [0.1, 0.15) is 0 Å². The summed E-state index contributed by atoms with van der Waals surface area (Å²) in [5.41, 5.74) is -0.169. The summed E-state index contributed by atoms with van der Waals surface area (Å²) in [6.45, 7) is 6.33. The molecule has 1 aliphatic rings. The predicted octanol–water partition coefficient (Wildman–Crippen LogP) is 0.246. The van der Waals surface area contributed by atoms with E-state index >= 15 is 0 Å². The summed E-state index contributed by atoms with van der Waals surface area (Å²) in [5, 5.41) is 3.25. The second-order valence-corrected chi connectivity index (χ2v) is 7.87. The van der Waals surface area contributed by atoms with Crippen molar-refractivity contribution in [2.24, 2.45) is 5.92 Å². The highest BCUT2D eigenvalue weighted by Gasteiger charge is 2.25. The van der Waals surface area contributed by atoms with Gasteiger partial charge in [-0.05, 0) is 59.8 Å². The number of nitrogens with zero attached hydrogens (tertiary/aromatic N) is 1. The van der Waals surface area contributed by atoms with E-state index in [-0.39, 0.29) is 17.2 Å². The summed E-state index contributed by atoms with van der Waals surface area (Å²) in [6.07, 6.45) is 2.08. The molecule has 0 bridgehead atoms. The van der Waals surface area contributed by atoms with E-state index < -0.39 is 10.0 Å². The van der Waals surface area contributed by atoms with Gasteiger partial charge in [-0.15, -0.1) is 0 Å². The van der Waals surface area contributed by atoms with E-state index in [0.29, 0.717) is 6.54 Å². The maximum Gasteiger partial charge on any atom is 0.211 e. The highest BCUT2D eigenvalue weighted by atomic mass is 32.2. The smallest absolute Gasteiger partial charge is 0.211 e. The van der Waals surface area contributed by atoms with E-state index in [9.17, 15) is 8.42 Å². The zero-order valence-corrected chi connectivity index (χ0v) is 12.8. The van der Waals surface area contributed by atoms with Crippen LogP contribution >= 0.6 is 0 Å². The van der Waals surface area contributed by atoms with Gasteiger partial charge in [0, 0.05) is 12.1 Å². The van der Waals surface area contributed by atoms with Gasteiger partial charge in [-0.2, -0.15) is 0 Å². The van der Waals surface area contributed by atoms with E-state index in [1.54, 1.807) is 0 Å². The highest BCUT2D eigenvalue weighted by molar-refractivity contribution is 7.89. The van der Waals surface area contributed by atoms with Gasteiger partial charge in [0.15, 0.2) is 0 Å². The van der Waals surface area contributed by atoms with E-state index in [2.05, 4.69) is 10.0 Å². The first-order valence-corrected chi connectivity index (χ1v) is 8.24. The van der Waals surface area contributed by atoms with Crippen LogP contribution in [-0.4, -0.2) is 58.3 Å². The van der Waals surface area contributed by atoms with Gasteiger partial charge in [0.05, 0.1) is 5.75 Å². The lowest BCUT2D eigenvalue weighted by Crippen LogP contribution is -2.49. The van der Waals surface area contributed by atoms with Crippen molar-refractivity contribution in [3.05, 3.63) is 0 Å². The number of sulfonamides is 1. The van der Waals surface area contributed by atoms with Crippen LogP contribution in [0.1, 0.15) is 26.7 Å². The van der Waals surface area contributed by atoms with Crippen LogP contribution in [0.25, 0.3) is 0 Å². The third kappa shape index (κ3) is 5.22. The second-order valence-electron chi connectivity index (χ2n) is 6.02. The molecule has 5 nitrogen and oxygen atoms in total. The molecule has 1 saturated heterocycles. The van der Waals surface area contributed by atoms with Gasteiger partial charge in [-0.3, -0.25) is 0 Å². The highest BCUT2D eigenvalue weighted by Crippen LogP contribution is 2.13. The molecule has 6 heteroatoms. The van der Waals surface area contributed by atoms with Crippen molar-refractivity contribution < 1.29 is 8.42 Å². The van der Waals surface area contributed by atoms with E-state index in [1.165, 1.54) is 0 Å². The van der Waals surface area contributed by atoms with Crippen molar-refractivity contribution in [2.45, 2.75) is 32.2 Å². The monoisotopic (exact) mass is 277 g/mol. The Morgan fingerprint density at radius 2 is 2.06 bits per heavy atom. The minimum Gasteiger partial charge on any atom is -0.316 e. The fraction of sp³-hybridized carbons (Fsp3) is 1.00. The summed E-state index contributed by atoms with van der Waals surface area (Å²) in [4.78, 5) is 2.03. The Balaban J connectivity index is 2.44. The third-order valence-electron chi connectivity index (χ3n) is 3.79. The number of likely N-dealkylation sites (N-methyl/N-ethyl adjacent to an activating group) is 1. The quantitative estimate of drug-likeness (QED) is 0.730. The first-order valence-electron chi connectivity index (χ1n) is 6.58. The van der Waals surface area contributed by atoms with Crippen molar-refractivity contribution in [1.29, 1.82) is 0 Å². The first kappa shape index (κ1) is 15.9. The van der Waals surface area contributed by atoms with Crippen LogP contribution in [-0.2, 0) is 10.0 Å². The lowest BCUT2D eigenvalue weighted by Gasteiger charge is -2.33. The predicted molar refractivity (Wildman–Crippen MR) is 75.1 cm³/mol. The first-order chi connectivity index (χ1) is 8.23. The number of rotatable bonds is 6. The fourth-order valence-electron chi connectivity index (χ4n) is 1.88. The molecule has 0 aromatic carbocycles. The summed E-state index contributed by atoms with van der Waals surface area (Å²) >= 11 is 0. The Morgan fingerprint density at radius 1 is 1.39 bits per heavy atom. The molecule has 0 aliphatic carbocycles. The van der Waals surface area contributed by atoms with Crippen LogP contribution in [0.15, 0.2) is 0 Å². The van der Waals surface area contributed by atoms with Crippen molar-refractivity contribution in [2.75, 3.05) is 39.5 Å². The van der Waals surface area contributed by atoms with Crippen LogP contribution in [0.5, 0.6) is 0 Å². The molecule has 1 rings (SSSR count). The minimum absolute atomic E-state index is 0.169.